The normalized spacial score (nSPS) is 33.3. The van der Waals surface area contributed by atoms with E-state index >= 15 is 0 Å². The molecule has 0 spiro atoms. The first-order valence-corrected chi connectivity index (χ1v) is 9.24. The molecule has 2 saturated heterocycles. The van der Waals surface area contributed by atoms with Crippen molar-refractivity contribution in [2.75, 3.05) is 4.90 Å². The third kappa shape index (κ3) is 2.55. The SMILES string of the molecule is [3H][B]SOC1=CC2(C)OC1(C)[C@H]1C(=O)N(c3ccc(C#N)c(C(F)(F)F)c3)C(=O)[C@H]12. The third-order valence-electron chi connectivity index (χ3n) is 5.68. The standard InChI is InChI=1S/C18H13BF3N2O4S/c1-16-6-11(27-29-19)17(2,28-16)13-12(16)14(25)24(15(13)26)9-4-3-8(7-23)10(5-9)18(20,21)22/h3-6,12-13,19H,1-2H3/t12-,13+,16?,17?/m0/s1/i19T. The molecule has 29 heavy (non-hydrogen) atoms. The van der Waals surface area contributed by atoms with E-state index in [1.54, 1.807) is 19.9 Å². The fourth-order valence-electron chi connectivity index (χ4n) is 4.53. The van der Waals surface area contributed by atoms with Gasteiger partial charge in [-0.2, -0.15) is 18.4 Å². The predicted molar refractivity (Wildman–Crippen MR) is 97.4 cm³/mol. The number of fused-ring (bicyclic) bond motifs is 5. The number of hydrogen-bond donors (Lipinski definition) is 0. The van der Waals surface area contributed by atoms with Crippen molar-refractivity contribution in [3.05, 3.63) is 41.2 Å². The molecule has 2 fully saturated rings. The van der Waals surface area contributed by atoms with Crippen LogP contribution in [0.5, 0.6) is 0 Å². The van der Waals surface area contributed by atoms with E-state index in [2.05, 4.69) is 0 Å². The topological polar surface area (TPSA) is 79.6 Å². The van der Waals surface area contributed by atoms with Crippen molar-refractivity contribution < 1.29 is 31.7 Å². The first kappa shape index (κ1) is 18.6. The zero-order valence-electron chi connectivity index (χ0n) is 16.1. The summed E-state index contributed by atoms with van der Waals surface area (Å²) in [4.78, 5) is 27.1. The quantitative estimate of drug-likeness (QED) is 0.421. The van der Waals surface area contributed by atoms with Gasteiger partial charge in [-0.05, 0) is 51.4 Å². The number of nitrogens with zero attached hydrogens (tertiary/aromatic N) is 2. The maximum Gasteiger partial charge on any atom is 0.417 e. The van der Waals surface area contributed by atoms with Crippen molar-refractivity contribution in [3.8, 4) is 6.07 Å². The van der Waals surface area contributed by atoms with E-state index in [4.69, 9.17) is 15.5 Å². The van der Waals surface area contributed by atoms with Crippen LogP contribution < -0.4 is 4.90 Å². The van der Waals surface area contributed by atoms with E-state index in [1.165, 1.54) is 6.07 Å². The first-order valence-electron chi connectivity index (χ1n) is 9.02. The molecular formula is C18H13BF3N2O4S. The van der Waals surface area contributed by atoms with Gasteiger partial charge in [0, 0.05) is 0 Å². The summed E-state index contributed by atoms with van der Waals surface area (Å²) in [5.41, 5.74) is -4.56. The molecule has 2 unspecified atom stereocenters. The Bertz CT molecular complexity index is 1050. The summed E-state index contributed by atoms with van der Waals surface area (Å²) >= 11 is 0.712. The van der Waals surface area contributed by atoms with Crippen LogP contribution in [-0.2, 0) is 24.7 Å². The Morgan fingerprint density at radius 2 is 2.03 bits per heavy atom. The lowest BCUT2D eigenvalue weighted by Crippen LogP contribution is -2.41. The Morgan fingerprint density at radius 1 is 1.34 bits per heavy atom. The minimum Gasteiger partial charge on any atom is -0.440 e. The van der Waals surface area contributed by atoms with Crippen molar-refractivity contribution in [2.45, 2.75) is 31.2 Å². The average molecular weight is 423 g/mol. The van der Waals surface area contributed by atoms with Gasteiger partial charge in [-0.3, -0.25) is 9.59 Å². The Morgan fingerprint density at radius 3 is 2.66 bits per heavy atom. The highest BCUT2D eigenvalue weighted by Crippen LogP contribution is 2.61. The summed E-state index contributed by atoms with van der Waals surface area (Å²) in [6.07, 6.45) is -3.26. The van der Waals surface area contributed by atoms with Gasteiger partial charge in [-0.1, -0.05) is 0 Å². The molecule has 2 bridgehead atoms. The number of anilines is 1. The van der Waals surface area contributed by atoms with E-state index in [1.807, 2.05) is 0 Å². The van der Waals surface area contributed by atoms with Crippen molar-refractivity contribution >= 4 is 36.5 Å². The molecule has 4 rings (SSSR count). The lowest BCUT2D eigenvalue weighted by Gasteiger charge is -2.28. The van der Waals surface area contributed by atoms with Crippen molar-refractivity contribution in [3.63, 3.8) is 0 Å². The summed E-state index contributed by atoms with van der Waals surface area (Å²) in [6, 6.07) is 4.19. The monoisotopic (exact) mass is 423 g/mol. The summed E-state index contributed by atoms with van der Waals surface area (Å²) in [5.74, 6) is -3.03. The Labute approximate surface area is 170 Å². The number of rotatable bonds is 4. The van der Waals surface area contributed by atoms with Gasteiger partial charge in [0.1, 0.15) is 17.0 Å². The van der Waals surface area contributed by atoms with Crippen LogP contribution in [0.4, 0.5) is 18.9 Å². The van der Waals surface area contributed by atoms with Crippen LogP contribution in [0.15, 0.2) is 30.0 Å². The first-order chi connectivity index (χ1) is 14.0. The lowest BCUT2D eigenvalue weighted by atomic mass is 9.72. The van der Waals surface area contributed by atoms with Crippen LogP contribution in [0, 0.1) is 23.2 Å². The zero-order chi connectivity index (χ0) is 22.1. The Kier molecular flexibility index (Phi) is 3.86. The molecule has 1 radical (unpaired) electrons. The number of halogens is 3. The second-order valence-electron chi connectivity index (χ2n) is 7.39. The van der Waals surface area contributed by atoms with Crippen LogP contribution in [0.25, 0.3) is 0 Å². The number of carbonyl (C=O) groups is 2. The van der Waals surface area contributed by atoms with Gasteiger partial charge in [0.15, 0.2) is 0 Å². The molecule has 3 aliphatic heterocycles. The number of imide groups is 1. The number of hydrogen-bond acceptors (Lipinski definition) is 6. The molecule has 2 amide bonds. The van der Waals surface area contributed by atoms with Gasteiger partial charge in [0.2, 0.25) is 18.9 Å². The molecule has 0 aromatic heterocycles. The van der Waals surface area contributed by atoms with Gasteiger partial charge in [-0.15, -0.1) is 0 Å². The number of nitriles is 1. The number of carbonyl (C=O) groups excluding carboxylic acids is 2. The van der Waals surface area contributed by atoms with Gasteiger partial charge < -0.3 is 8.92 Å². The molecule has 1 aromatic carbocycles. The minimum atomic E-state index is -4.82. The molecule has 6 nitrogen and oxygen atoms in total. The smallest absolute Gasteiger partial charge is 0.417 e. The fourth-order valence-corrected chi connectivity index (χ4v) is 4.85. The van der Waals surface area contributed by atoms with Gasteiger partial charge in [0.25, 0.3) is 0 Å². The highest BCUT2D eigenvalue weighted by Gasteiger charge is 2.74. The molecule has 0 saturated carbocycles. The van der Waals surface area contributed by atoms with E-state index in [9.17, 15) is 22.8 Å². The molecule has 3 heterocycles. The van der Waals surface area contributed by atoms with Gasteiger partial charge in [-0.25, -0.2) is 4.90 Å². The summed E-state index contributed by atoms with van der Waals surface area (Å²) < 4.78 is 58.5. The largest absolute Gasteiger partial charge is 0.440 e. The minimum absolute atomic E-state index is 0.256. The summed E-state index contributed by atoms with van der Waals surface area (Å²) in [6.45, 7) is 3.18. The van der Waals surface area contributed by atoms with E-state index in [0.29, 0.717) is 18.0 Å². The summed E-state index contributed by atoms with van der Waals surface area (Å²) in [5, 5.41) is 8.97. The molecule has 1 aromatic rings. The fraction of sp³-hybridized carbons (Fsp3) is 0.389. The van der Waals surface area contributed by atoms with Crippen molar-refractivity contribution in [1.82, 2.24) is 0 Å². The Balaban J connectivity index is 1.76. The molecule has 149 valence electrons. The highest BCUT2D eigenvalue weighted by atomic mass is 32.2. The van der Waals surface area contributed by atoms with Crippen molar-refractivity contribution in [1.29, 1.82) is 6.60 Å². The van der Waals surface area contributed by atoms with E-state index in [-0.39, 0.29) is 11.4 Å². The molecule has 0 N–H and O–H groups in total. The second-order valence-corrected chi connectivity index (χ2v) is 7.75. The number of alkyl halides is 3. The number of ether oxygens (including phenoxy) is 1. The van der Waals surface area contributed by atoms with Crippen LogP contribution in [0.1, 0.15) is 25.0 Å². The lowest BCUT2D eigenvalue weighted by molar-refractivity contribution is -0.138. The Hall–Kier alpha value is -2.45. The van der Waals surface area contributed by atoms with E-state index < -0.39 is 52.2 Å². The van der Waals surface area contributed by atoms with Crippen LogP contribution >= 0.6 is 11.9 Å². The molecule has 4 atom stereocenters. The number of benzene rings is 1. The van der Waals surface area contributed by atoms with Gasteiger partial charge >= 0.3 is 6.18 Å². The maximum atomic E-state index is 13.3. The summed E-state index contributed by atoms with van der Waals surface area (Å²) in [7, 11) is 0.944. The van der Waals surface area contributed by atoms with Crippen LogP contribution in [-0.4, -0.2) is 31.4 Å². The average Bonchev–Trinajstić information content (AvgIpc) is 3.19. The highest BCUT2D eigenvalue weighted by molar-refractivity contribution is 8.15. The third-order valence-corrected chi connectivity index (χ3v) is 5.96. The number of amides is 2. The maximum absolute atomic E-state index is 13.3. The molecule has 0 aliphatic carbocycles. The van der Waals surface area contributed by atoms with Crippen LogP contribution in [0.3, 0.4) is 0 Å². The van der Waals surface area contributed by atoms with Gasteiger partial charge in [0.05, 0.1) is 34.7 Å². The molecular weight excluding hydrogens is 408 g/mol. The predicted octanol–water partition coefficient (Wildman–Crippen LogP) is 2.61. The molecule has 3 aliphatic rings. The molecule has 11 heteroatoms. The second kappa shape index (κ2) is 6.03. The van der Waals surface area contributed by atoms with Crippen LogP contribution in [0.2, 0.25) is 0 Å². The van der Waals surface area contributed by atoms with Crippen molar-refractivity contribution in [2.24, 2.45) is 11.8 Å². The van der Waals surface area contributed by atoms with E-state index in [0.717, 1.165) is 24.1 Å². The zero-order valence-corrected chi connectivity index (χ0v) is 15.9.